The van der Waals surface area contributed by atoms with Crippen molar-refractivity contribution >= 4 is 17.5 Å². The molecular weight excluding hydrogens is 374 g/mol. The van der Waals surface area contributed by atoms with Crippen molar-refractivity contribution in [1.29, 1.82) is 0 Å². The maximum atomic E-state index is 12.6. The van der Waals surface area contributed by atoms with Gasteiger partial charge in [0.2, 0.25) is 0 Å². The van der Waals surface area contributed by atoms with E-state index < -0.39 is 17.2 Å². The SMILES string of the molecule is CN(C)c1ccc(C(=O)NC2CCN(C(=O)c3cc(O)c(O)c(O)c3)CC2)cc1. The van der Waals surface area contributed by atoms with Gasteiger partial charge in [-0.15, -0.1) is 0 Å². The van der Waals surface area contributed by atoms with E-state index in [9.17, 15) is 24.9 Å². The molecule has 0 saturated carbocycles. The van der Waals surface area contributed by atoms with E-state index in [0.29, 0.717) is 31.5 Å². The summed E-state index contributed by atoms with van der Waals surface area (Å²) in [5.41, 5.74) is 1.70. The van der Waals surface area contributed by atoms with Gasteiger partial charge in [0.1, 0.15) is 0 Å². The molecule has 0 spiro atoms. The summed E-state index contributed by atoms with van der Waals surface area (Å²) in [6.07, 6.45) is 1.20. The predicted octanol–water partition coefficient (Wildman–Crippen LogP) is 1.90. The number of nitrogens with one attached hydrogen (secondary N) is 1. The first-order valence-electron chi connectivity index (χ1n) is 9.38. The van der Waals surface area contributed by atoms with Gasteiger partial charge in [-0.05, 0) is 49.2 Å². The van der Waals surface area contributed by atoms with Crippen LogP contribution in [0, 0.1) is 0 Å². The van der Waals surface area contributed by atoms with Crippen molar-refractivity contribution in [2.24, 2.45) is 0 Å². The lowest BCUT2D eigenvalue weighted by Gasteiger charge is -2.32. The van der Waals surface area contributed by atoms with Gasteiger partial charge in [-0.2, -0.15) is 0 Å². The highest BCUT2D eigenvalue weighted by molar-refractivity contribution is 5.96. The van der Waals surface area contributed by atoms with E-state index in [1.165, 1.54) is 0 Å². The number of piperidine rings is 1. The van der Waals surface area contributed by atoms with Crippen LogP contribution in [-0.2, 0) is 0 Å². The molecule has 154 valence electrons. The molecule has 8 nitrogen and oxygen atoms in total. The van der Waals surface area contributed by atoms with Gasteiger partial charge >= 0.3 is 0 Å². The molecule has 0 radical (unpaired) electrons. The largest absolute Gasteiger partial charge is 0.504 e. The summed E-state index contributed by atoms with van der Waals surface area (Å²) in [6, 6.07) is 9.56. The number of benzene rings is 2. The Hall–Kier alpha value is -3.42. The molecule has 0 aliphatic carbocycles. The highest BCUT2D eigenvalue weighted by Gasteiger charge is 2.26. The number of amides is 2. The monoisotopic (exact) mass is 399 g/mol. The predicted molar refractivity (Wildman–Crippen MR) is 109 cm³/mol. The van der Waals surface area contributed by atoms with Crippen molar-refractivity contribution < 1.29 is 24.9 Å². The second kappa shape index (κ2) is 8.30. The van der Waals surface area contributed by atoms with Crippen molar-refractivity contribution in [2.45, 2.75) is 18.9 Å². The summed E-state index contributed by atoms with van der Waals surface area (Å²) in [4.78, 5) is 28.6. The first kappa shape index (κ1) is 20.3. The molecule has 2 amide bonds. The molecule has 0 bridgehead atoms. The maximum Gasteiger partial charge on any atom is 0.254 e. The number of carbonyl (C=O) groups excluding carboxylic acids is 2. The molecule has 8 heteroatoms. The summed E-state index contributed by atoms with van der Waals surface area (Å²) >= 11 is 0. The third-order valence-corrected chi connectivity index (χ3v) is 5.08. The number of likely N-dealkylation sites (tertiary alicyclic amines) is 1. The van der Waals surface area contributed by atoms with Gasteiger partial charge in [-0.1, -0.05) is 0 Å². The highest BCUT2D eigenvalue weighted by Crippen LogP contribution is 2.35. The minimum Gasteiger partial charge on any atom is -0.504 e. The van der Waals surface area contributed by atoms with Crippen molar-refractivity contribution in [3.8, 4) is 17.2 Å². The fourth-order valence-corrected chi connectivity index (χ4v) is 3.32. The van der Waals surface area contributed by atoms with Gasteiger partial charge in [0, 0.05) is 50.0 Å². The Bertz CT molecular complexity index is 880. The van der Waals surface area contributed by atoms with Gasteiger partial charge in [-0.3, -0.25) is 9.59 Å². The number of rotatable bonds is 4. The quantitative estimate of drug-likeness (QED) is 0.584. The van der Waals surface area contributed by atoms with Crippen LogP contribution in [0.25, 0.3) is 0 Å². The van der Waals surface area contributed by atoms with Gasteiger partial charge < -0.3 is 30.4 Å². The Kier molecular flexibility index (Phi) is 5.81. The second-order valence-electron chi connectivity index (χ2n) is 7.34. The fraction of sp³-hybridized carbons (Fsp3) is 0.333. The van der Waals surface area contributed by atoms with Crippen LogP contribution in [0.5, 0.6) is 17.2 Å². The Morgan fingerprint density at radius 3 is 2.03 bits per heavy atom. The maximum absolute atomic E-state index is 12.6. The average molecular weight is 399 g/mol. The Morgan fingerprint density at radius 1 is 0.966 bits per heavy atom. The third kappa shape index (κ3) is 4.53. The van der Waals surface area contributed by atoms with Crippen LogP contribution in [-0.4, -0.2) is 65.3 Å². The van der Waals surface area contributed by atoms with E-state index in [1.807, 2.05) is 31.1 Å². The Balaban J connectivity index is 1.56. The van der Waals surface area contributed by atoms with Gasteiger partial charge in [-0.25, -0.2) is 0 Å². The van der Waals surface area contributed by atoms with E-state index in [1.54, 1.807) is 17.0 Å². The zero-order valence-electron chi connectivity index (χ0n) is 16.4. The molecule has 1 aliphatic rings. The van der Waals surface area contributed by atoms with E-state index >= 15 is 0 Å². The van der Waals surface area contributed by atoms with Crippen molar-refractivity contribution in [2.75, 3.05) is 32.1 Å². The average Bonchev–Trinajstić information content (AvgIpc) is 2.71. The molecular formula is C21H25N3O5. The zero-order chi connectivity index (χ0) is 21.1. The molecule has 29 heavy (non-hydrogen) atoms. The number of aromatic hydroxyl groups is 3. The fourth-order valence-electron chi connectivity index (χ4n) is 3.32. The lowest BCUT2D eigenvalue weighted by molar-refractivity contribution is 0.0697. The summed E-state index contributed by atoms with van der Waals surface area (Å²) in [5, 5.41) is 31.6. The number of carbonyl (C=O) groups is 2. The lowest BCUT2D eigenvalue weighted by atomic mass is 10.0. The van der Waals surface area contributed by atoms with Gasteiger partial charge in [0.15, 0.2) is 17.2 Å². The normalized spacial score (nSPS) is 14.5. The third-order valence-electron chi connectivity index (χ3n) is 5.08. The highest BCUT2D eigenvalue weighted by atomic mass is 16.3. The van der Waals surface area contributed by atoms with E-state index in [-0.39, 0.29) is 23.4 Å². The van der Waals surface area contributed by atoms with E-state index in [4.69, 9.17) is 0 Å². The smallest absolute Gasteiger partial charge is 0.254 e. The van der Waals surface area contributed by atoms with Crippen LogP contribution < -0.4 is 10.2 Å². The lowest BCUT2D eigenvalue weighted by Crippen LogP contribution is -2.46. The van der Waals surface area contributed by atoms with E-state index in [0.717, 1.165) is 17.8 Å². The molecule has 4 N–H and O–H groups in total. The summed E-state index contributed by atoms with van der Waals surface area (Å²) < 4.78 is 0. The summed E-state index contributed by atoms with van der Waals surface area (Å²) in [5.74, 6) is -2.23. The molecule has 1 aliphatic heterocycles. The molecule has 0 aromatic heterocycles. The van der Waals surface area contributed by atoms with Crippen molar-refractivity contribution in [1.82, 2.24) is 10.2 Å². The van der Waals surface area contributed by atoms with Crippen LogP contribution in [0.15, 0.2) is 36.4 Å². The molecule has 0 atom stereocenters. The molecule has 1 fully saturated rings. The molecule has 3 rings (SSSR count). The van der Waals surface area contributed by atoms with Crippen LogP contribution >= 0.6 is 0 Å². The minimum atomic E-state index is -0.651. The first-order chi connectivity index (χ1) is 13.8. The van der Waals surface area contributed by atoms with Crippen LogP contribution in [0.4, 0.5) is 5.69 Å². The molecule has 2 aromatic carbocycles. The van der Waals surface area contributed by atoms with Crippen LogP contribution in [0.1, 0.15) is 33.6 Å². The molecule has 1 saturated heterocycles. The van der Waals surface area contributed by atoms with Gasteiger partial charge in [0.25, 0.3) is 11.8 Å². The molecule has 1 heterocycles. The van der Waals surface area contributed by atoms with E-state index in [2.05, 4.69) is 5.32 Å². The van der Waals surface area contributed by atoms with Crippen LogP contribution in [0.2, 0.25) is 0 Å². The number of anilines is 1. The summed E-state index contributed by atoms with van der Waals surface area (Å²) in [7, 11) is 3.87. The molecule has 0 unspecified atom stereocenters. The number of hydrogen-bond acceptors (Lipinski definition) is 6. The second-order valence-corrected chi connectivity index (χ2v) is 7.34. The Morgan fingerprint density at radius 2 is 1.52 bits per heavy atom. The Labute approximate surface area is 169 Å². The van der Waals surface area contributed by atoms with Crippen molar-refractivity contribution in [3.63, 3.8) is 0 Å². The van der Waals surface area contributed by atoms with Crippen molar-refractivity contribution in [3.05, 3.63) is 47.5 Å². The standard InChI is InChI=1S/C21H25N3O5/c1-23(2)16-5-3-13(4-6-16)20(28)22-15-7-9-24(10-8-15)21(29)14-11-17(25)19(27)18(26)12-14/h3-6,11-12,15,25-27H,7-10H2,1-2H3,(H,22,28). The topological polar surface area (TPSA) is 113 Å². The zero-order valence-corrected chi connectivity index (χ0v) is 16.4. The minimum absolute atomic E-state index is 0.0401. The molecule has 2 aromatic rings. The number of hydrogen-bond donors (Lipinski definition) is 4. The van der Waals surface area contributed by atoms with Gasteiger partial charge in [0.05, 0.1) is 0 Å². The first-order valence-corrected chi connectivity index (χ1v) is 9.38. The summed E-state index contributed by atoms with van der Waals surface area (Å²) in [6.45, 7) is 0.873. The number of phenolic OH excluding ortho intramolecular Hbond substituents is 3. The van der Waals surface area contributed by atoms with Crippen LogP contribution in [0.3, 0.4) is 0 Å². The number of phenols is 3. The number of nitrogens with zero attached hydrogens (tertiary/aromatic N) is 2.